The fraction of sp³-hybridized carbons (Fsp3) is 0.647. The van der Waals surface area contributed by atoms with Crippen LogP contribution in [0.25, 0.3) is 0 Å². The molecule has 2 bridgehead atoms. The molecule has 1 aromatic rings. The molecule has 5 nitrogen and oxygen atoms in total. The number of halogens is 2. The van der Waals surface area contributed by atoms with Crippen LogP contribution in [0.1, 0.15) is 25.7 Å². The van der Waals surface area contributed by atoms with E-state index in [9.17, 15) is 17.2 Å². The molecule has 8 heteroatoms. The molecule has 1 aromatic carbocycles. The van der Waals surface area contributed by atoms with Crippen molar-refractivity contribution in [2.45, 2.75) is 48.4 Å². The Kier molecular flexibility index (Phi) is 4.14. The number of rotatable bonds is 4. The highest BCUT2D eigenvalue weighted by Crippen LogP contribution is 2.59. The van der Waals surface area contributed by atoms with Gasteiger partial charge >= 0.3 is 0 Å². The van der Waals surface area contributed by atoms with Gasteiger partial charge in [0.25, 0.3) is 16.5 Å². The molecule has 25 heavy (non-hydrogen) atoms. The summed E-state index contributed by atoms with van der Waals surface area (Å²) in [5, 5.41) is 0. The van der Waals surface area contributed by atoms with E-state index in [1.54, 1.807) is 6.07 Å². The van der Waals surface area contributed by atoms with E-state index < -0.39 is 27.9 Å². The molecule has 2 atom stereocenters. The molecule has 0 aromatic heterocycles. The lowest BCUT2D eigenvalue weighted by Gasteiger charge is -2.47. The Hall–Kier alpha value is -1.09. The predicted molar refractivity (Wildman–Crippen MR) is 83.5 cm³/mol. The van der Waals surface area contributed by atoms with Gasteiger partial charge in [0.05, 0.1) is 18.1 Å². The third-order valence-electron chi connectivity index (χ3n) is 5.63. The van der Waals surface area contributed by atoms with Gasteiger partial charge in [-0.15, -0.1) is 0 Å². The minimum absolute atomic E-state index is 0.0900. The number of hydrogen-bond acceptors (Lipinski definition) is 5. The first-order valence-corrected chi connectivity index (χ1v) is 9.86. The van der Waals surface area contributed by atoms with E-state index in [4.69, 9.17) is 13.7 Å². The molecule has 2 saturated carbocycles. The first-order chi connectivity index (χ1) is 11.9. The summed E-state index contributed by atoms with van der Waals surface area (Å²) in [6, 6.07) is 7.41. The lowest BCUT2D eigenvalue weighted by Crippen LogP contribution is -2.56. The van der Waals surface area contributed by atoms with Crippen molar-refractivity contribution < 1.29 is 30.9 Å². The molecular weight excluding hydrogens is 354 g/mol. The van der Waals surface area contributed by atoms with Gasteiger partial charge in [0, 0.05) is 11.8 Å². The number of ether oxygens (including phenoxy) is 2. The molecule has 1 spiro atoms. The molecule has 3 fully saturated rings. The van der Waals surface area contributed by atoms with Crippen molar-refractivity contribution in [2.24, 2.45) is 11.8 Å². The predicted octanol–water partition coefficient (Wildman–Crippen LogP) is 2.96. The van der Waals surface area contributed by atoms with Gasteiger partial charge in [-0.2, -0.15) is 8.42 Å². The van der Waals surface area contributed by atoms with Crippen molar-refractivity contribution in [3.05, 3.63) is 30.3 Å². The third-order valence-corrected chi connectivity index (χ3v) is 7.03. The van der Waals surface area contributed by atoms with E-state index in [-0.39, 0.29) is 29.6 Å². The second kappa shape index (κ2) is 5.97. The minimum atomic E-state index is -4.28. The molecule has 138 valence electrons. The summed E-state index contributed by atoms with van der Waals surface area (Å²) in [5.41, 5.74) is -2.03. The Morgan fingerprint density at radius 2 is 1.60 bits per heavy atom. The standard InChI is InChI=1S/C17H20F2O5S/c18-15(19)16(24-25(20,21)14-4-2-1-3-5-14)10-12-6-7-13(11-16)17(12)22-8-9-23-17/h1-5,12-13,15H,6-11H2. The summed E-state index contributed by atoms with van der Waals surface area (Å²) in [4.78, 5) is -0.115. The van der Waals surface area contributed by atoms with Gasteiger partial charge in [-0.3, -0.25) is 4.18 Å². The van der Waals surface area contributed by atoms with Crippen molar-refractivity contribution in [2.75, 3.05) is 13.2 Å². The Morgan fingerprint density at radius 1 is 1.04 bits per heavy atom. The van der Waals surface area contributed by atoms with Crippen LogP contribution in [-0.2, 0) is 23.8 Å². The van der Waals surface area contributed by atoms with E-state index in [0.717, 1.165) is 0 Å². The van der Waals surface area contributed by atoms with Gasteiger partial charge < -0.3 is 9.47 Å². The van der Waals surface area contributed by atoms with E-state index >= 15 is 0 Å². The Labute approximate surface area is 145 Å². The molecule has 2 aliphatic carbocycles. The summed E-state index contributed by atoms with van der Waals surface area (Å²) in [7, 11) is -4.28. The zero-order valence-electron chi connectivity index (χ0n) is 13.6. The van der Waals surface area contributed by atoms with Crippen LogP contribution in [0.15, 0.2) is 35.2 Å². The monoisotopic (exact) mass is 374 g/mol. The first kappa shape index (κ1) is 17.3. The van der Waals surface area contributed by atoms with Gasteiger partial charge in [-0.05, 0) is 37.8 Å². The summed E-state index contributed by atoms with van der Waals surface area (Å²) in [6.07, 6.45) is -1.74. The van der Waals surface area contributed by atoms with Crippen LogP contribution in [0.5, 0.6) is 0 Å². The van der Waals surface area contributed by atoms with Crippen LogP contribution in [0.2, 0.25) is 0 Å². The topological polar surface area (TPSA) is 61.8 Å². The largest absolute Gasteiger partial charge is 0.347 e. The Balaban J connectivity index is 1.65. The van der Waals surface area contributed by atoms with Crippen LogP contribution in [0.4, 0.5) is 8.78 Å². The number of benzene rings is 1. The number of hydrogen-bond donors (Lipinski definition) is 0. The van der Waals surface area contributed by atoms with Crippen LogP contribution >= 0.6 is 0 Å². The van der Waals surface area contributed by atoms with E-state index in [1.165, 1.54) is 24.3 Å². The van der Waals surface area contributed by atoms with Gasteiger partial charge in [0.1, 0.15) is 5.60 Å². The van der Waals surface area contributed by atoms with Crippen molar-refractivity contribution >= 4 is 10.1 Å². The lowest BCUT2D eigenvalue weighted by atomic mass is 9.73. The highest BCUT2D eigenvalue weighted by molar-refractivity contribution is 7.86. The summed E-state index contributed by atoms with van der Waals surface area (Å²) < 4.78 is 69.9. The molecule has 2 unspecified atom stereocenters. The molecular formula is C17H20F2O5S. The zero-order chi connectivity index (χ0) is 17.7. The molecule has 1 aliphatic heterocycles. The fourth-order valence-corrected chi connectivity index (χ4v) is 5.83. The first-order valence-electron chi connectivity index (χ1n) is 8.45. The third kappa shape index (κ3) is 2.70. The summed E-state index contributed by atoms with van der Waals surface area (Å²) in [6.45, 7) is 0.885. The fourth-order valence-electron chi connectivity index (χ4n) is 4.60. The van der Waals surface area contributed by atoms with Crippen molar-refractivity contribution in [3.63, 3.8) is 0 Å². The van der Waals surface area contributed by atoms with Crippen LogP contribution < -0.4 is 0 Å². The average Bonchev–Trinajstić information content (AvgIpc) is 3.13. The van der Waals surface area contributed by atoms with Crippen molar-refractivity contribution in [1.82, 2.24) is 0 Å². The molecule has 4 rings (SSSR count). The highest BCUT2D eigenvalue weighted by Gasteiger charge is 2.65. The molecule has 0 amide bonds. The second-order valence-corrected chi connectivity index (χ2v) is 8.56. The van der Waals surface area contributed by atoms with E-state index in [0.29, 0.717) is 26.1 Å². The van der Waals surface area contributed by atoms with Crippen LogP contribution in [-0.4, -0.2) is 39.4 Å². The second-order valence-electron chi connectivity index (χ2n) is 7.01. The summed E-state index contributed by atoms with van der Waals surface area (Å²) >= 11 is 0. The smallest absolute Gasteiger partial charge is 0.297 e. The van der Waals surface area contributed by atoms with Gasteiger partial charge in [0.2, 0.25) is 0 Å². The minimum Gasteiger partial charge on any atom is -0.347 e. The van der Waals surface area contributed by atoms with Crippen molar-refractivity contribution in [1.29, 1.82) is 0 Å². The number of alkyl halides is 2. The van der Waals surface area contributed by atoms with Gasteiger partial charge in [-0.25, -0.2) is 8.78 Å². The maximum absolute atomic E-state index is 14.0. The van der Waals surface area contributed by atoms with Crippen LogP contribution in [0, 0.1) is 11.8 Å². The molecule has 1 heterocycles. The molecule has 3 aliphatic rings. The van der Waals surface area contributed by atoms with E-state index in [1.807, 2.05) is 0 Å². The zero-order valence-corrected chi connectivity index (χ0v) is 14.4. The van der Waals surface area contributed by atoms with Crippen molar-refractivity contribution in [3.8, 4) is 0 Å². The average molecular weight is 374 g/mol. The van der Waals surface area contributed by atoms with E-state index in [2.05, 4.69) is 0 Å². The quantitative estimate of drug-likeness (QED) is 0.759. The maximum Gasteiger partial charge on any atom is 0.297 e. The van der Waals surface area contributed by atoms with Crippen LogP contribution in [0.3, 0.4) is 0 Å². The van der Waals surface area contributed by atoms with Gasteiger partial charge in [-0.1, -0.05) is 18.2 Å². The normalized spacial score (nSPS) is 34.0. The molecule has 0 radical (unpaired) electrons. The SMILES string of the molecule is O=S(=O)(OC1(C(F)F)CC2CCC(C1)C21OCCO1)c1ccccc1. The maximum atomic E-state index is 14.0. The van der Waals surface area contributed by atoms with Gasteiger partial charge in [0.15, 0.2) is 5.79 Å². The highest BCUT2D eigenvalue weighted by atomic mass is 32.2. The summed E-state index contributed by atoms with van der Waals surface area (Å²) in [5.74, 6) is -1.40. The Morgan fingerprint density at radius 3 is 2.12 bits per heavy atom. The Bertz CT molecular complexity index is 715. The molecule has 1 saturated heterocycles. The molecule has 0 N–H and O–H groups in total. The lowest BCUT2D eigenvalue weighted by molar-refractivity contribution is -0.257.